The standard InChI is InChI=1S/C14H19N/c1-11-9-12-5-4-6-13(12)14(10-11)15-7-2-3-8-15/h9-10H,2-8H2,1H3. The normalized spacial score (nSPS) is 19.7. The summed E-state index contributed by atoms with van der Waals surface area (Å²) < 4.78 is 0. The van der Waals surface area contributed by atoms with E-state index in [-0.39, 0.29) is 0 Å². The maximum atomic E-state index is 2.59. The molecular weight excluding hydrogens is 182 g/mol. The molecule has 0 saturated carbocycles. The van der Waals surface area contributed by atoms with E-state index in [1.54, 1.807) is 16.8 Å². The van der Waals surface area contributed by atoms with E-state index in [1.165, 1.54) is 50.8 Å². The van der Waals surface area contributed by atoms with Gasteiger partial charge in [-0.1, -0.05) is 6.07 Å². The number of hydrogen-bond donors (Lipinski definition) is 0. The molecule has 0 radical (unpaired) electrons. The van der Waals surface area contributed by atoms with Crippen molar-refractivity contribution in [1.82, 2.24) is 0 Å². The maximum absolute atomic E-state index is 2.59. The highest BCUT2D eigenvalue weighted by molar-refractivity contribution is 5.60. The van der Waals surface area contributed by atoms with E-state index >= 15 is 0 Å². The summed E-state index contributed by atoms with van der Waals surface area (Å²) >= 11 is 0. The lowest BCUT2D eigenvalue weighted by Gasteiger charge is -2.22. The summed E-state index contributed by atoms with van der Waals surface area (Å²) in [6, 6.07) is 4.79. The molecule has 0 N–H and O–H groups in total. The smallest absolute Gasteiger partial charge is 0.0404 e. The minimum atomic E-state index is 1.27. The molecular formula is C14H19N. The van der Waals surface area contributed by atoms with Gasteiger partial charge >= 0.3 is 0 Å². The number of hydrogen-bond acceptors (Lipinski definition) is 1. The van der Waals surface area contributed by atoms with Gasteiger partial charge in [0.15, 0.2) is 0 Å². The fraction of sp³-hybridized carbons (Fsp3) is 0.571. The molecule has 1 heteroatoms. The molecule has 2 aliphatic rings. The van der Waals surface area contributed by atoms with E-state index in [0.29, 0.717) is 0 Å². The van der Waals surface area contributed by atoms with Crippen LogP contribution in [0.5, 0.6) is 0 Å². The second-order valence-corrected chi connectivity index (χ2v) is 4.97. The molecule has 80 valence electrons. The molecule has 0 atom stereocenters. The molecule has 0 spiro atoms. The number of nitrogens with zero attached hydrogens (tertiary/aromatic N) is 1. The van der Waals surface area contributed by atoms with Crippen LogP contribution in [0, 0.1) is 6.92 Å². The molecule has 1 aliphatic carbocycles. The van der Waals surface area contributed by atoms with Gasteiger partial charge in [0.2, 0.25) is 0 Å². The Bertz CT molecular complexity index is 375. The van der Waals surface area contributed by atoms with Gasteiger partial charge in [-0.2, -0.15) is 0 Å². The first-order chi connectivity index (χ1) is 7.34. The predicted molar refractivity (Wildman–Crippen MR) is 64.7 cm³/mol. The quantitative estimate of drug-likeness (QED) is 0.675. The molecule has 1 heterocycles. The largest absolute Gasteiger partial charge is 0.371 e. The Kier molecular flexibility index (Phi) is 2.19. The molecule has 0 bridgehead atoms. The maximum Gasteiger partial charge on any atom is 0.0404 e. The highest BCUT2D eigenvalue weighted by Crippen LogP contribution is 2.34. The monoisotopic (exact) mass is 201 g/mol. The summed E-state index contributed by atoms with van der Waals surface area (Å²) in [7, 11) is 0. The molecule has 1 nitrogen and oxygen atoms in total. The van der Waals surface area contributed by atoms with E-state index in [4.69, 9.17) is 0 Å². The Morgan fingerprint density at radius 2 is 1.80 bits per heavy atom. The van der Waals surface area contributed by atoms with Crippen LogP contribution in [0.15, 0.2) is 12.1 Å². The van der Waals surface area contributed by atoms with E-state index in [9.17, 15) is 0 Å². The van der Waals surface area contributed by atoms with Gasteiger partial charge in [-0.25, -0.2) is 0 Å². The van der Waals surface area contributed by atoms with Crippen molar-refractivity contribution in [3.8, 4) is 0 Å². The molecule has 3 rings (SSSR count). The Labute approximate surface area is 92.1 Å². The summed E-state index contributed by atoms with van der Waals surface area (Å²) in [5, 5.41) is 0. The second kappa shape index (κ2) is 3.55. The van der Waals surface area contributed by atoms with E-state index < -0.39 is 0 Å². The average Bonchev–Trinajstić information content (AvgIpc) is 2.86. The van der Waals surface area contributed by atoms with Gasteiger partial charge in [-0.3, -0.25) is 0 Å². The van der Waals surface area contributed by atoms with Gasteiger partial charge in [-0.15, -0.1) is 0 Å². The zero-order valence-corrected chi connectivity index (χ0v) is 9.55. The van der Waals surface area contributed by atoms with Crippen LogP contribution in [0.3, 0.4) is 0 Å². The second-order valence-electron chi connectivity index (χ2n) is 4.97. The fourth-order valence-electron chi connectivity index (χ4n) is 3.08. The Morgan fingerprint density at radius 3 is 2.60 bits per heavy atom. The molecule has 1 aromatic rings. The molecule has 0 unspecified atom stereocenters. The topological polar surface area (TPSA) is 3.24 Å². The lowest BCUT2D eigenvalue weighted by Crippen LogP contribution is -2.19. The van der Waals surface area contributed by atoms with Crippen LogP contribution in [-0.4, -0.2) is 13.1 Å². The number of aryl methyl sites for hydroxylation is 2. The average molecular weight is 201 g/mol. The third-order valence-corrected chi connectivity index (χ3v) is 3.78. The highest BCUT2D eigenvalue weighted by atomic mass is 15.1. The molecule has 1 fully saturated rings. The SMILES string of the molecule is Cc1cc2c(c(N3CCCC3)c1)CCC2. The van der Waals surface area contributed by atoms with Crippen molar-refractivity contribution in [2.75, 3.05) is 18.0 Å². The third kappa shape index (κ3) is 1.54. The van der Waals surface area contributed by atoms with Crippen LogP contribution >= 0.6 is 0 Å². The van der Waals surface area contributed by atoms with Gasteiger partial charge < -0.3 is 4.90 Å². The van der Waals surface area contributed by atoms with Gasteiger partial charge in [0, 0.05) is 18.8 Å². The van der Waals surface area contributed by atoms with Crippen LogP contribution in [-0.2, 0) is 12.8 Å². The van der Waals surface area contributed by atoms with Crippen molar-refractivity contribution in [2.24, 2.45) is 0 Å². The summed E-state index contributed by atoms with van der Waals surface area (Å²) in [6.45, 7) is 4.78. The first-order valence-electron chi connectivity index (χ1n) is 6.22. The highest BCUT2D eigenvalue weighted by Gasteiger charge is 2.21. The first-order valence-corrected chi connectivity index (χ1v) is 6.22. The van der Waals surface area contributed by atoms with Gasteiger partial charge in [0.1, 0.15) is 0 Å². The number of anilines is 1. The lowest BCUT2D eigenvalue weighted by atomic mass is 10.0. The first kappa shape index (κ1) is 9.26. The van der Waals surface area contributed by atoms with Gasteiger partial charge in [0.25, 0.3) is 0 Å². The Morgan fingerprint density at radius 1 is 1.00 bits per heavy atom. The summed E-state index contributed by atoms with van der Waals surface area (Å²) in [5.74, 6) is 0. The predicted octanol–water partition coefficient (Wildman–Crippen LogP) is 3.08. The third-order valence-electron chi connectivity index (χ3n) is 3.78. The van der Waals surface area contributed by atoms with E-state index in [1.807, 2.05) is 0 Å². The molecule has 1 aromatic carbocycles. The molecule has 1 saturated heterocycles. The molecule has 0 amide bonds. The number of fused-ring (bicyclic) bond motifs is 1. The summed E-state index contributed by atoms with van der Waals surface area (Å²) in [5.41, 5.74) is 6.27. The lowest BCUT2D eigenvalue weighted by molar-refractivity contribution is 0.901. The zero-order chi connectivity index (χ0) is 10.3. The van der Waals surface area contributed by atoms with Crippen LogP contribution < -0.4 is 4.90 Å². The number of benzene rings is 1. The van der Waals surface area contributed by atoms with Crippen molar-refractivity contribution in [3.63, 3.8) is 0 Å². The van der Waals surface area contributed by atoms with Crippen molar-refractivity contribution in [3.05, 3.63) is 28.8 Å². The minimum Gasteiger partial charge on any atom is -0.371 e. The number of rotatable bonds is 1. The van der Waals surface area contributed by atoms with Crippen LogP contribution in [0.4, 0.5) is 5.69 Å². The van der Waals surface area contributed by atoms with Gasteiger partial charge in [0.05, 0.1) is 0 Å². The van der Waals surface area contributed by atoms with Crippen molar-refractivity contribution in [1.29, 1.82) is 0 Å². The zero-order valence-electron chi connectivity index (χ0n) is 9.55. The minimum absolute atomic E-state index is 1.27. The summed E-state index contributed by atoms with van der Waals surface area (Å²) in [4.78, 5) is 2.59. The molecule has 1 aliphatic heterocycles. The van der Waals surface area contributed by atoms with E-state index in [2.05, 4.69) is 24.0 Å². The summed E-state index contributed by atoms with van der Waals surface area (Å²) in [6.07, 6.45) is 6.73. The van der Waals surface area contributed by atoms with E-state index in [0.717, 1.165) is 0 Å². The van der Waals surface area contributed by atoms with Gasteiger partial charge in [-0.05, 0) is 61.8 Å². The van der Waals surface area contributed by atoms with Crippen molar-refractivity contribution >= 4 is 5.69 Å². The molecule has 0 aromatic heterocycles. The molecule has 15 heavy (non-hydrogen) atoms. The Hall–Kier alpha value is -0.980. The van der Waals surface area contributed by atoms with Crippen LogP contribution in [0.1, 0.15) is 36.0 Å². The fourth-order valence-corrected chi connectivity index (χ4v) is 3.08. The van der Waals surface area contributed by atoms with Crippen molar-refractivity contribution in [2.45, 2.75) is 39.0 Å². The van der Waals surface area contributed by atoms with Crippen LogP contribution in [0.25, 0.3) is 0 Å². The Balaban J connectivity index is 2.05. The van der Waals surface area contributed by atoms with Crippen LogP contribution in [0.2, 0.25) is 0 Å². The van der Waals surface area contributed by atoms with Crippen molar-refractivity contribution < 1.29 is 0 Å².